The Bertz CT molecular complexity index is 284. The van der Waals surface area contributed by atoms with Crippen molar-refractivity contribution in [2.75, 3.05) is 0 Å². The van der Waals surface area contributed by atoms with E-state index in [0.717, 1.165) is 12.8 Å². The van der Waals surface area contributed by atoms with Gasteiger partial charge in [0.15, 0.2) is 0 Å². The normalized spacial score (nSPS) is 49.3. The van der Waals surface area contributed by atoms with Gasteiger partial charge in [0.05, 0.1) is 12.2 Å². The lowest BCUT2D eigenvalue weighted by Crippen LogP contribution is -2.40. The Morgan fingerprint density at radius 3 is 2.40 bits per heavy atom. The lowest BCUT2D eigenvalue weighted by atomic mass is 9.70. The van der Waals surface area contributed by atoms with Gasteiger partial charge in [0, 0.05) is 5.92 Å². The van der Waals surface area contributed by atoms with Crippen LogP contribution >= 0.6 is 0 Å². The highest BCUT2D eigenvalue weighted by atomic mass is 16.3. The molecule has 0 aromatic carbocycles. The molecule has 2 saturated carbocycles. The maximum atomic E-state index is 10.4. The second kappa shape index (κ2) is 3.08. The molecule has 5 unspecified atom stereocenters. The summed E-state index contributed by atoms with van der Waals surface area (Å²) < 4.78 is 0. The number of hydrogen-bond acceptors (Lipinski definition) is 2. The predicted octanol–water partition coefficient (Wildman–Crippen LogP) is 1.97. The Labute approximate surface area is 92.0 Å². The standard InChI is InChI=1S/C13H22O2/c1-5-9(14)10-8-6-7-13(4,11(10)15)12(8,2)3/h5,8-11,14-15H,1,6-7H2,2-4H3. The largest absolute Gasteiger partial charge is 0.392 e. The first-order valence-corrected chi connectivity index (χ1v) is 5.85. The van der Waals surface area contributed by atoms with E-state index < -0.39 is 6.10 Å². The molecule has 0 aromatic rings. The second-order valence-electron chi connectivity index (χ2n) is 6.03. The molecular weight excluding hydrogens is 188 g/mol. The molecule has 2 heteroatoms. The van der Waals surface area contributed by atoms with Crippen molar-refractivity contribution in [3.8, 4) is 0 Å². The molecule has 2 aliphatic rings. The highest BCUT2D eigenvalue weighted by molar-refractivity contribution is 5.16. The summed E-state index contributed by atoms with van der Waals surface area (Å²) in [6.45, 7) is 10.2. The van der Waals surface area contributed by atoms with Gasteiger partial charge in [-0.25, -0.2) is 0 Å². The molecule has 2 bridgehead atoms. The molecule has 2 fully saturated rings. The molecule has 0 spiro atoms. The van der Waals surface area contributed by atoms with Crippen LogP contribution in [0, 0.1) is 22.7 Å². The van der Waals surface area contributed by atoms with E-state index >= 15 is 0 Å². The number of hydrogen-bond donors (Lipinski definition) is 2. The maximum Gasteiger partial charge on any atom is 0.0774 e. The van der Waals surface area contributed by atoms with Gasteiger partial charge in [0.25, 0.3) is 0 Å². The zero-order valence-electron chi connectivity index (χ0n) is 9.90. The molecule has 2 nitrogen and oxygen atoms in total. The Balaban J connectivity index is 2.37. The molecule has 0 saturated heterocycles. The summed E-state index contributed by atoms with van der Waals surface area (Å²) >= 11 is 0. The van der Waals surface area contributed by atoms with E-state index in [1.807, 2.05) is 0 Å². The number of aliphatic hydroxyl groups is 2. The molecule has 0 amide bonds. The molecule has 15 heavy (non-hydrogen) atoms. The molecule has 0 aliphatic heterocycles. The van der Waals surface area contributed by atoms with Gasteiger partial charge in [-0.15, -0.1) is 6.58 Å². The lowest BCUT2D eigenvalue weighted by molar-refractivity contribution is -0.0383. The van der Waals surface area contributed by atoms with Crippen LogP contribution in [0.2, 0.25) is 0 Å². The van der Waals surface area contributed by atoms with Gasteiger partial charge in [0.2, 0.25) is 0 Å². The van der Waals surface area contributed by atoms with E-state index in [4.69, 9.17) is 0 Å². The molecule has 86 valence electrons. The Morgan fingerprint density at radius 1 is 1.40 bits per heavy atom. The Kier molecular flexibility index (Phi) is 2.29. The van der Waals surface area contributed by atoms with Crippen molar-refractivity contribution in [1.29, 1.82) is 0 Å². The average Bonchev–Trinajstić information content (AvgIpc) is 2.48. The fourth-order valence-electron chi connectivity index (χ4n) is 3.99. The summed E-state index contributed by atoms with van der Waals surface area (Å²) in [7, 11) is 0. The fraction of sp³-hybridized carbons (Fsp3) is 0.846. The summed E-state index contributed by atoms with van der Waals surface area (Å²) in [5.41, 5.74) is 0.0907. The Morgan fingerprint density at radius 2 is 2.00 bits per heavy atom. The third-order valence-corrected chi connectivity index (χ3v) is 5.49. The minimum absolute atomic E-state index is 0.0174. The number of fused-ring (bicyclic) bond motifs is 2. The maximum absolute atomic E-state index is 10.4. The first-order chi connectivity index (χ1) is 6.86. The first-order valence-electron chi connectivity index (χ1n) is 5.85. The summed E-state index contributed by atoms with van der Waals surface area (Å²) in [5, 5.41) is 20.3. The van der Waals surface area contributed by atoms with Crippen molar-refractivity contribution in [2.24, 2.45) is 22.7 Å². The molecule has 5 atom stereocenters. The molecule has 0 aromatic heterocycles. The van der Waals surface area contributed by atoms with Crippen LogP contribution in [0.5, 0.6) is 0 Å². The SMILES string of the molecule is C=CC(O)C1C2CCC(C)(C1O)C2(C)C. The van der Waals surface area contributed by atoms with Gasteiger partial charge < -0.3 is 10.2 Å². The van der Waals surface area contributed by atoms with Crippen LogP contribution in [0.15, 0.2) is 12.7 Å². The second-order valence-corrected chi connectivity index (χ2v) is 6.03. The average molecular weight is 210 g/mol. The van der Waals surface area contributed by atoms with E-state index in [9.17, 15) is 10.2 Å². The van der Waals surface area contributed by atoms with E-state index in [-0.39, 0.29) is 22.9 Å². The molecule has 2 N–H and O–H groups in total. The summed E-state index contributed by atoms with van der Waals surface area (Å²) in [6, 6.07) is 0. The quantitative estimate of drug-likeness (QED) is 0.684. The third-order valence-electron chi connectivity index (χ3n) is 5.49. The summed E-state index contributed by atoms with van der Waals surface area (Å²) in [5.74, 6) is 0.404. The van der Waals surface area contributed by atoms with Gasteiger partial charge in [0.1, 0.15) is 0 Å². The fourth-order valence-corrected chi connectivity index (χ4v) is 3.99. The lowest BCUT2D eigenvalue weighted by Gasteiger charge is -2.37. The van der Waals surface area contributed by atoms with E-state index in [1.54, 1.807) is 6.08 Å². The van der Waals surface area contributed by atoms with Crippen molar-refractivity contribution >= 4 is 0 Å². The monoisotopic (exact) mass is 210 g/mol. The number of aliphatic hydroxyl groups excluding tert-OH is 2. The summed E-state index contributed by atoms with van der Waals surface area (Å²) in [6.07, 6.45) is 2.81. The van der Waals surface area contributed by atoms with Crippen LogP contribution < -0.4 is 0 Å². The van der Waals surface area contributed by atoms with Crippen molar-refractivity contribution in [3.05, 3.63) is 12.7 Å². The van der Waals surface area contributed by atoms with Crippen LogP contribution in [-0.2, 0) is 0 Å². The van der Waals surface area contributed by atoms with Gasteiger partial charge in [-0.1, -0.05) is 26.8 Å². The number of rotatable bonds is 2. The summed E-state index contributed by atoms with van der Waals surface area (Å²) in [4.78, 5) is 0. The molecule has 2 rings (SSSR count). The third kappa shape index (κ3) is 1.12. The van der Waals surface area contributed by atoms with E-state index in [0.29, 0.717) is 5.92 Å². The van der Waals surface area contributed by atoms with Crippen LogP contribution in [-0.4, -0.2) is 22.4 Å². The van der Waals surface area contributed by atoms with Gasteiger partial charge in [-0.05, 0) is 29.6 Å². The molecule has 0 radical (unpaired) electrons. The van der Waals surface area contributed by atoms with Gasteiger partial charge >= 0.3 is 0 Å². The van der Waals surface area contributed by atoms with E-state index in [2.05, 4.69) is 27.4 Å². The molecular formula is C13H22O2. The first kappa shape index (κ1) is 11.2. The predicted molar refractivity (Wildman–Crippen MR) is 60.3 cm³/mol. The topological polar surface area (TPSA) is 40.5 Å². The molecule has 0 heterocycles. The minimum atomic E-state index is -0.564. The van der Waals surface area contributed by atoms with Crippen molar-refractivity contribution < 1.29 is 10.2 Å². The van der Waals surface area contributed by atoms with Crippen molar-refractivity contribution in [3.63, 3.8) is 0 Å². The smallest absolute Gasteiger partial charge is 0.0774 e. The van der Waals surface area contributed by atoms with Crippen molar-refractivity contribution in [1.82, 2.24) is 0 Å². The van der Waals surface area contributed by atoms with E-state index in [1.165, 1.54) is 0 Å². The van der Waals surface area contributed by atoms with Crippen LogP contribution in [0.3, 0.4) is 0 Å². The highest BCUT2D eigenvalue weighted by Gasteiger charge is 2.66. The highest BCUT2D eigenvalue weighted by Crippen LogP contribution is 2.68. The van der Waals surface area contributed by atoms with Crippen molar-refractivity contribution in [2.45, 2.75) is 45.8 Å². The minimum Gasteiger partial charge on any atom is -0.392 e. The van der Waals surface area contributed by atoms with Crippen LogP contribution in [0.4, 0.5) is 0 Å². The molecule has 2 aliphatic carbocycles. The van der Waals surface area contributed by atoms with Crippen LogP contribution in [0.1, 0.15) is 33.6 Å². The zero-order chi connectivity index (χ0) is 11.4. The van der Waals surface area contributed by atoms with Gasteiger partial charge in [-0.2, -0.15) is 0 Å². The van der Waals surface area contributed by atoms with Gasteiger partial charge in [-0.3, -0.25) is 0 Å². The zero-order valence-corrected chi connectivity index (χ0v) is 9.90. The van der Waals surface area contributed by atoms with Crippen LogP contribution in [0.25, 0.3) is 0 Å². The Hall–Kier alpha value is -0.340.